The lowest BCUT2D eigenvalue weighted by Gasteiger charge is -2.39. The highest BCUT2D eigenvalue weighted by Crippen LogP contribution is 2.38. The molecule has 4 rings (SSSR count). The van der Waals surface area contributed by atoms with Gasteiger partial charge in [0.2, 0.25) is 11.8 Å². The molecule has 7 heteroatoms. The fourth-order valence-corrected chi connectivity index (χ4v) is 5.65. The summed E-state index contributed by atoms with van der Waals surface area (Å²) in [6, 6.07) is 10.2. The quantitative estimate of drug-likeness (QED) is 0.658. The van der Waals surface area contributed by atoms with Crippen molar-refractivity contribution in [2.75, 3.05) is 39.3 Å². The highest BCUT2D eigenvalue weighted by molar-refractivity contribution is 7.10. The van der Waals surface area contributed by atoms with Crippen LogP contribution in [0.25, 0.3) is 0 Å². The first-order chi connectivity index (χ1) is 15.2. The topological polar surface area (TPSA) is 43.9 Å². The number of thiophene rings is 1. The lowest BCUT2D eigenvalue weighted by atomic mass is 9.91. The van der Waals surface area contributed by atoms with Gasteiger partial charge in [-0.05, 0) is 46.5 Å². The Morgan fingerprint density at radius 2 is 1.59 bits per heavy atom. The molecule has 0 radical (unpaired) electrons. The number of hydrogen-bond acceptors (Lipinski definition) is 4. The third kappa shape index (κ3) is 5.36. The van der Waals surface area contributed by atoms with E-state index in [0.29, 0.717) is 39.1 Å². The minimum Gasteiger partial charge on any atom is -0.339 e. The van der Waals surface area contributed by atoms with Gasteiger partial charge in [0.15, 0.2) is 0 Å². The summed E-state index contributed by atoms with van der Waals surface area (Å²) in [5, 5.41) is 2.86. The van der Waals surface area contributed by atoms with Gasteiger partial charge in [-0.3, -0.25) is 14.5 Å². The first-order valence-electron chi connectivity index (χ1n) is 11.3. The van der Waals surface area contributed by atoms with Gasteiger partial charge in [-0.15, -0.1) is 11.3 Å². The van der Waals surface area contributed by atoms with E-state index in [9.17, 15) is 9.59 Å². The molecule has 0 aliphatic carbocycles. The summed E-state index contributed by atoms with van der Waals surface area (Å²) in [6.45, 7) is 9.95. The van der Waals surface area contributed by atoms with E-state index in [1.807, 2.05) is 21.9 Å². The van der Waals surface area contributed by atoms with Crippen LogP contribution < -0.4 is 0 Å². The van der Waals surface area contributed by atoms with E-state index in [1.165, 1.54) is 16.0 Å². The summed E-state index contributed by atoms with van der Waals surface area (Å²) in [7, 11) is 0. The summed E-state index contributed by atoms with van der Waals surface area (Å²) < 4.78 is 0. The van der Waals surface area contributed by atoms with Crippen molar-refractivity contribution >= 4 is 34.8 Å². The van der Waals surface area contributed by atoms with Crippen LogP contribution in [0.3, 0.4) is 0 Å². The van der Waals surface area contributed by atoms with E-state index in [0.717, 1.165) is 18.0 Å². The van der Waals surface area contributed by atoms with E-state index in [4.69, 9.17) is 11.6 Å². The van der Waals surface area contributed by atoms with E-state index in [2.05, 4.69) is 49.3 Å². The first kappa shape index (κ1) is 23.3. The molecule has 32 heavy (non-hydrogen) atoms. The molecule has 2 aromatic rings. The zero-order valence-electron chi connectivity index (χ0n) is 19.1. The number of halogens is 1. The average Bonchev–Trinajstić information content (AvgIpc) is 3.22. The summed E-state index contributed by atoms with van der Waals surface area (Å²) in [4.78, 5) is 33.3. The molecule has 5 nitrogen and oxygen atoms in total. The molecule has 1 aromatic carbocycles. The third-order valence-corrected chi connectivity index (χ3v) is 7.50. The second kappa shape index (κ2) is 9.54. The fourth-order valence-electron chi connectivity index (χ4n) is 4.62. The van der Waals surface area contributed by atoms with Crippen LogP contribution in [0, 0.1) is 5.41 Å². The Morgan fingerprint density at radius 1 is 0.969 bits per heavy atom. The predicted octanol–water partition coefficient (Wildman–Crippen LogP) is 4.46. The Bertz CT molecular complexity index is 958. The Morgan fingerprint density at radius 3 is 2.22 bits per heavy atom. The van der Waals surface area contributed by atoms with Crippen LogP contribution >= 0.6 is 22.9 Å². The smallest absolute Gasteiger partial charge is 0.236 e. The molecule has 1 aromatic heterocycles. The molecule has 172 valence electrons. The highest BCUT2D eigenvalue weighted by atomic mass is 35.5. The normalized spacial score (nSPS) is 19.7. The Balaban J connectivity index is 1.41. The summed E-state index contributed by atoms with van der Waals surface area (Å²) in [6.07, 6.45) is 1.51. The molecule has 0 spiro atoms. The van der Waals surface area contributed by atoms with Crippen LogP contribution in [0.5, 0.6) is 0 Å². The molecule has 0 N–H and O–H groups in total. The molecular weight excluding hydrogens is 442 g/mol. The zero-order valence-corrected chi connectivity index (χ0v) is 20.7. The largest absolute Gasteiger partial charge is 0.339 e. The van der Waals surface area contributed by atoms with Gasteiger partial charge in [0.05, 0.1) is 12.6 Å². The van der Waals surface area contributed by atoms with Gasteiger partial charge in [0.25, 0.3) is 0 Å². The Hall–Kier alpha value is -1.89. The summed E-state index contributed by atoms with van der Waals surface area (Å²) in [5.41, 5.74) is 2.45. The molecule has 3 heterocycles. The number of rotatable bonds is 4. The monoisotopic (exact) mass is 473 g/mol. The summed E-state index contributed by atoms with van der Waals surface area (Å²) >= 11 is 7.92. The van der Waals surface area contributed by atoms with Gasteiger partial charge in [0.1, 0.15) is 0 Å². The van der Waals surface area contributed by atoms with E-state index in [1.54, 1.807) is 11.3 Å². The minimum atomic E-state index is -0.0184. The Labute approximate surface area is 199 Å². The molecule has 0 bridgehead atoms. The van der Waals surface area contributed by atoms with Crippen LogP contribution in [0.15, 0.2) is 35.7 Å². The highest BCUT2D eigenvalue weighted by Gasteiger charge is 2.33. The van der Waals surface area contributed by atoms with Crippen molar-refractivity contribution in [1.29, 1.82) is 0 Å². The van der Waals surface area contributed by atoms with E-state index >= 15 is 0 Å². The van der Waals surface area contributed by atoms with Crippen molar-refractivity contribution in [2.45, 2.75) is 39.7 Å². The SMILES string of the molecule is CC(C)(C)CC(=O)N1CCN(C(=O)CN2CCc3sccc3C2c2ccc(Cl)cc2)CC1. The van der Waals surface area contributed by atoms with Crippen molar-refractivity contribution in [2.24, 2.45) is 5.41 Å². The van der Waals surface area contributed by atoms with Crippen molar-refractivity contribution in [3.05, 3.63) is 56.7 Å². The zero-order chi connectivity index (χ0) is 22.9. The number of amides is 2. The number of benzene rings is 1. The standard InChI is InChI=1S/C25H32ClN3O2S/c1-25(2,3)16-22(30)27-11-13-28(14-12-27)23(31)17-29-10-8-21-20(9-15-32-21)24(29)18-4-6-19(26)7-5-18/h4-7,9,15,24H,8,10-14,16-17H2,1-3H3. The Kier molecular flexibility index (Phi) is 6.94. The van der Waals surface area contributed by atoms with Gasteiger partial charge in [-0.2, -0.15) is 0 Å². The van der Waals surface area contributed by atoms with Gasteiger partial charge < -0.3 is 9.80 Å². The van der Waals surface area contributed by atoms with E-state index < -0.39 is 0 Å². The molecule has 2 amide bonds. The van der Waals surface area contributed by atoms with Crippen molar-refractivity contribution in [3.63, 3.8) is 0 Å². The van der Waals surface area contributed by atoms with Crippen LogP contribution in [0.4, 0.5) is 0 Å². The van der Waals surface area contributed by atoms with Crippen molar-refractivity contribution in [1.82, 2.24) is 14.7 Å². The number of fused-ring (bicyclic) bond motifs is 1. The molecule has 1 fully saturated rings. The maximum absolute atomic E-state index is 13.2. The number of piperazine rings is 1. The maximum atomic E-state index is 13.2. The molecule has 2 aliphatic heterocycles. The fraction of sp³-hybridized carbons (Fsp3) is 0.520. The number of hydrogen-bond donors (Lipinski definition) is 0. The van der Waals surface area contributed by atoms with Gasteiger partial charge in [0, 0.05) is 49.0 Å². The number of carbonyl (C=O) groups is 2. The lowest BCUT2D eigenvalue weighted by molar-refractivity contribution is -0.141. The van der Waals surface area contributed by atoms with Crippen molar-refractivity contribution < 1.29 is 9.59 Å². The molecule has 1 atom stereocenters. The first-order valence-corrected chi connectivity index (χ1v) is 12.6. The van der Waals surface area contributed by atoms with Crippen LogP contribution in [0.2, 0.25) is 5.02 Å². The molecule has 1 saturated heterocycles. The summed E-state index contributed by atoms with van der Waals surface area (Å²) in [5.74, 6) is 0.332. The van der Waals surface area contributed by atoms with Crippen molar-refractivity contribution in [3.8, 4) is 0 Å². The molecule has 2 aliphatic rings. The van der Waals surface area contributed by atoms with Gasteiger partial charge >= 0.3 is 0 Å². The third-order valence-electron chi connectivity index (χ3n) is 6.26. The minimum absolute atomic E-state index is 0.0184. The molecule has 0 saturated carbocycles. The van der Waals surface area contributed by atoms with E-state index in [-0.39, 0.29) is 23.3 Å². The van der Waals surface area contributed by atoms with Crippen LogP contribution in [0.1, 0.15) is 49.2 Å². The second-order valence-electron chi connectivity index (χ2n) is 9.97. The predicted molar refractivity (Wildman–Crippen MR) is 130 cm³/mol. The van der Waals surface area contributed by atoms with Crippen LogP contribution in [-0.4, -0.2) is 65.8 Å². The molecule has 1 unspecified atom stereocenters. The van der Waals surface area contributed by atoms with Crippen LogP contribution in [-0.2, 0) is 16.0 Å². The number of nitrogens with zero attached hydrogens (tertiary/aromatic N) is 3. The lowest BCUT2D eigenvalue weighted by Crippen LogP contribution is -2.53. The number of carbonyl (C=O) groups excluding carboxylic acids is 2. The van der Waals surface area contributed by atoms with Gasteiger partial charge in [-0.1, -0.05) is 44.5 Å². The molecular formula is C25H32ClN3O2S. The van der Waals surface area contributed by atoms with Gasteiger partial charge in [-0.25, -0.2) is 0 Å². The second-order valence-corrected chi connectivity index (χ2v) is 11.4. The average molecular weight is 474 g/mol. The maximum Gasteiger partial charge on any atom is 0.236 e.